The van der Waals surface area contributed by atoms with E-state index in [1.165, 1.54) is 6.21 Å². The number of hydrogen-bond acceptors (Lipinski definition) is 4. The molecular weight excluding hydrogens is 352 g/mol. The van der Waals surface area contributed by atoms with E-state index in [1.807, 2.05) is 60.7 Å². The van der Waals surface area contributed by atoms with Gasteiger partial charge in [-0.1, -0.05) is 48.5 Å². The summed E-state index contributed by atoms with van der Waals surface area (Å²) in [6.45, 7) is 0. The van der Waals surface area contributed by atoms with Crippen LogP contribution >= 0.6 is 0 Å². The number of aromatic amines is 1. The number of carbonyl (C=O) groups is 1. The van der Waals surface area contributed by atoms with E-state index in [4.69, 9.17) is 4.74 Å². The molecule has 6 heteroatoms. The predicted octanol–water partition coefficient (Wildman–Crippen LogP) is 4.00. The molecule has 4 rings (SSSR count). The molecule has 0 atom stereocenters. The van der Waals surface area contributed by atoms with Crippen LogP contribution in [0, 0.1) is 0 Å². The number of benzene rings is 3. The summed E-state index contributed by atoms with van der Waals surface area (Å²) in [6.07, 6.45) is 1.54. The third-order valence-electron chi connectivity index (χ3n) is 4.38. The van der Waals surface area contributed by atoms with Crippen molar-refractivity contribution in [2.24, 2.45) is 5.10 Å². The quantitative estimate of drug-likeness (QED) is 0.412. The summed E-state index contributed by atoms with van der Waals surface area (Å²) in [5.74, 6) is 0.311. The van der Waals surface area contributed by atoms with Gasteiger partial charge in [0.05, 0.1) is 19.0 Å². The Kier molecular flexibility index (Phi) is 4.84. The number of hydrazone groups is 1. The Bertz CT molecular complexity index is 1160. The van der Waals surface area contributed by atoms with Crippen molar-refractivity contribution in [2.75, 3.05) is 7.11 Å². The van der Waals surface area contributed by atoms with Crippen LogP contribution in [0.3, 0.4) is 0 Å². The highest BCUT2D eigenvalue weighted by atomic mass is 16.5. The van der Waals surface area contributed by atoms with Crippen LogP contribution in [0.2, 0.25) is 0 Å². The lowest BCUT2D eigenvalue weighted by Gasteiger charge is -2.02. The maximum absolute atomic E-state index is 12.3. The molecule has 6 nitrogen and oxygen atoms in total. The molecule has 2 N–H and O–H groups in total. The lowest BCUT2D eigenvalue weighted by Crippen LogP contribution is -2.18. The summed E-state index contributed by atoms with van der Waals surface area (Å²) in [4.78, 5) is 12.3. The molecule has 0 fully saturated rings. The minimum atomic E-state index is -0.370. The molecule has 0 bridgehead atoms. The van der Waals surface area contributed by atoms with Gasteiger partial charge >= 0.3 is 0 Å². The first-order chi connectivity index (χ1) is 13.7. The number of H-pyrrole nitrogens is 1. The van der Waals surface area contributed by atoms with E-state index in [0.717, 1.165) is 21.9 Å². The molecule has 0 spiro atoms. The first-order valence-electron chi connectivity index (χ1n) is 8.75. The summed E-state index contributed by atoms with van der Waals surface area (Å²) in [7, 11) is 1.59. The summed E-state index contributed by atoms with van der Waals surface area (Å²) in [5.41, 5.74) is 5.24. The summed E-state index contributed by atoms with van der Waals surface area (Å²) in [6, 6.07) is 23.3. The van der Waals surface area contributed by atoms with E-state index in [2.05, 4.69) is 26.8 Å². The van der Waals surface area contributed by atoms with Gasteiger partial charge in [-0.15, -0.1) is 0 Å². The van der Waals surface area contributed by atoms with Crippen molar-refractivity contribution in [3.63, 3.8) is 0 Å². The zero-order chi connectivity index (χ0) is 19.3. The van der Waals surface area contributed by atoms with E-state index in [-0.39, 0.29) is 5.91 Å². The fraction of sp³-hybridized carbons (Fsp3) is 0.0455. The molecule has 0 saturated carbocycles. The van der Waals surface area contributed by atoms with Crippen LogP contribution in [0.25, 0.3) is 22.0 Å². The highest BCUT2D eigenvalue weighted by Gasteiger charge is 2.11. The number of aromatic nitrogens is 2. The van der Waals surface area contributed by atoms with Crippen molar-refractivity contribution in [1.82, 2.24) is 15.6 Å². The largest absolute Gasteiger partial charge is 0.496 e. The van der Waals surface area contributed by atoms with Gasteiger partial charge in [0.2, 0.25) is 0 Å². The van der Waals surface area contributed by atoms with Crippen molar-refractivity contribution in [3.8, 4) is 17.0 Å². The van der Waals surface area contributed by atoms with Gasteiger partial charge in [0.25, 0.3) is 5.91 Å². The number of methoxy groups -OCH3 is 1. The molecule has 28 heavy (non-hydrogen) atoms. The summed E-state index contributed by atoms with van der Waals surface area (Å²) < 4.78 is 5.25. The second-order valence-electron chi connectivity index (χ2n) is 6.17. The number of carbonyl (C=O) groups excluding carboxylic acids is 1. The molecule has 0 unspecified atom stereocenters. The minimum Gasteiger partial charge on any atom is -0.496 e. The molecule has 1 amide bonds. The average molecular weight is 370 g/mol. The van der Waals surface area contributed by atoms with Crippen molar-refractivity contribution in [2.45, 2.75) is 0 Å². The first-order valence-corrected chi connectivity index (χ1v) is 8.75. The molecule has 4 aromatic rings. The fourth-order valence-electron chi connectivity index (χ4n) is 2.93. The zero-order valence-electron chi connectivity index (χ0n) is 15.2. The van der Waals surface area contributed by atoms with Gasteiger partial charge in [0, 0.05) is 11.1 Å². The Labute approximate surface area is 161 Å². The van der Waals surface area contributed by atoms with Crippen molar-refractivity contribution in [3.05, 3.63) is 84.1 Å². The van der Waals surface area contributed by atoms with Gasteiger partial charge in [-0.25, -0.2) is 5.43 Å². The van der Waals surface area contributed by atoms with E-state index in [1.54, 1.807) is 13.2 Å². The Morgan fingerprint density at radius 2 is 1.82 bits per heavy atom. The van der Waals surface area contributed by atoms with Crippen LogP contribution < -0.4 is 10.2 Å². The van der Waals surface area contributed by atoms with Crippen LogP contribution in [-0.2, 0) is 0 Å². The normalized spacial score (nSPS) is 11.0. The van der Waals surface area contributed by atoms with E-state index >= 15 is 0 Å². The number of rotatable bonds is 5. The maximum atomic E-state index is 12.3. The second-order valence-corrected chi connectivity index (χ2v) is 6.17. The minimum absolute atomic E-state index is 0.334. The third-order valence-corrected chi connectivity index (χ3v) is 4.38. The van der Waals surface area contributed by atoms with Crippen molar-refractivity contribution < 1.29 is 9.53 Å². The fourth-order valence-corrected chi connectivity index (χ4v) is 2.93. The first kappa shape index (κ1) is 17.5. The van der Waals surface area contributed by atoms with Crippen molar-refractivity contribution >= 4 is 22.9 Å². The van der Waals surface area contributed by atoms with Gasteiger partial charge in [-0.05, 0) is 35.0 Å². The smallest absolute Gasteiger partial charge is 0.289 e. The lowest BCUT2D eigenvalue weighted by atomic mass is 10.1. The van der Waals surface area contributed by atoms with Gasteiger partial charge in [-0.3, -0.25) is 9.89 Å². The summed E-state index contributed by atoms with van der Waals surface area (Å²) >= 11 is 0. The number of hydrogen-bond donors (Lipinski definition) is 2. The Morgan fingerprint density at radius 3 is 2.68 bits per heavy atom. The van der Waals surface area contributed by atoms with Crippen molar-refractivity contribution in [1.29, 1.82) is 0 Å². The topological polar surface area (TPSA) is 79.4 Å². The molecule has 0 aliphatic heterocycles. The number of amides is 1. The standard InChI is InChI=1S/C22H18N4O2/c1-28-21-9-5-4-8-18(21)14-23-26-22(27)20-13-19(24-25-20)17-11-10-15-6-2-3-7-16(15)12-17/h2-14H,1H3,(H,24,25)(H,26,27)/b23-14+. The Balaban J connectivity index is 1.48. The van der Waals surface area contributed by atoms with Gasteiger partial charge in [-0.2, -0.15) is 10.2 Å². The van der Waals surface area contributed by atoms with E-state index < -0.39 is 0 Å². The molecule has 0 aliphatic rings. The maximum Gasteiger partial charge on any atom is 0.289 e. The zero-order valence-corrected chi connectivity index (χ0v) is 15.2. The molecular formula is C22H18N4O2. The van der Waals surface area contributed by atoms with Gasteiger partial charge in [0.15, 0.2) is 0 Å². The van der Waals surface area contributed by atoms with Crippen LogP contribution in [-0.4, -0.2) is 29.4 Å². The number of fused-ring (bicyclic) bond motifs is 1. The molecule has 3 aromatic carbocycles. The van der Waals surface area contributed by atoms with Gasteiger partial charge < -0.3 is 4.74 Å². The third kappa shape index (κ3) is 3.61. The predicted molar refractivity (Wildman–Crippen MR) is 110 cm³/mol. The average Bonchev–Trinajstić information content (AvgIpc) is 3.24. The molecule has 1 heterocycles. The van der Waals surface area contributed by atoms with Gasteiger partial charge in [0.1, 0.15) is 11.4 Å². The monoisotopic (exact) mass is 370 g/mol. The lowest BCUT2D eigenvalue weighted by molar-refractivity contribution is 0.0950. The highest BCUT2D eigenvalue weighted by molar-refractivity contribution is 5.95. The Hall–Kier alpha value is -3.93. The van der Waals surface area contributed by atoms with Crippen LogP contribution in [0.1, 0.15) is 16.1 Å². The summed E-state index contributed by atoms with van der Waals surface area (Å²) in [5, 5.41) is 13.3. The Morgan fingerprint density at radius 1 is 1.04 bits per heavy atom. The number of para-hydroxylation sites is 1. The molecule has 138 valence electrons. The number of nitrogens with one attached hydrogen (secondary N) is 2. The van der Waals surface area contributed by atoms with E-state index in [0.29, 0.717) is 17.1 Å². The molecule has 0 aliphatic carbocycles. The second kappa shape index (κ2) is 7.75. The highest BCUT2D eigenvalue weighted by Crippen LogP contribution is 2.23. The van der Waals surface area contributed by atoms with Crippen LogP contribution in [0.5, 0.6) is 5.75 Å². The number of ether oxygens (including phenoxy) is 1. The number of nitrogens with zero attached hydrogens (tertiary/aromatic N) is 2. The SMILES string of the molecule is COc1ccccc1/C=N/NC(=O)c1cc(-c2ccc3ccccc3c2)n[nH]1. The molecule has 1 aromatic heterocycles. The molecule has 0 saturated heterocycles. The van der Waals surface area contributed by atoms with Crippen LogP contribution in [0.4, 0.5) is 0 Å². The molecule has 0 radical (unpaired) electrons. The van der Waals surface area contributed by atoms with E-state index in [9.17, 15) is 4.79 Å². The van der Waals surface area contributed by atoms with Crippen LogP contribution in [0.15, 0.2) is 77.9 Å².